The largest absolute Gasteiger partial charge is 0.376 e. The zero-order chi connectivity index (χ0) is 9.31. The van der Waals surface area contributed by atoms with Crippen LogP contribution in [0.2, 0.25) is 0 Å². The molecule has 5 nitrogen and oxygen atoms in total. The van der Waals surface area contributed by atoms with Crippen LogP contribution < -0.4 is 5.32 Å². The van der Waals surface area contributed by atoms with Gasteiger partial charge in [0, 0.05) is 12.6 Å². The van der Waals surface area contributed by atoms with Crippen molar-refractivity contribution < 1.29 is 9.53 Å². The highest BCUT2D eigenvalue weighted by molar-refractivity contribution is 5.47. The lowest BCUT2D eigenvalue weighted by molar-refractivity contribution is -0.111. The number of likely N-dealkylation sites (tertiary alicyclic amines) is 1. The van der Waals surface area contributed by atoms with Crippen molar-refractivity contribution in [2.75, 3.05) is 19.8 Å². The van der Waals surface area contributed by atoms with Gasteiger partial charge < -0.3 is 10.1 Å². The van der Waals surface area contributed by atoms with E-state index in [-0.39, 0.29) is 11.6 Å². The molecular weight excluding hydrogens is 170 g/mol. The summed E-state index contributed by atoms with van der Waals surface area (Å²) in [6.45, 7) is 1.83. The van der Waals surface area contributed by atoms with E-state index in [0.29, 0.717) is 26.2 Å². The van der Waals surface area contributed by atoms with E-state index < -0.39 is 0 Å². The fourth-order valence-corrected chi connectivity index (χ4v) is 2.01. The normalized spacial score (nSPS) is 29.5. The van der Waals surface area contributed by atoms with E-state index in [2.05, 4.69) is 11.5 Å². The summed E-state index contributed by atoms with van der Waals surface area (Å²) in [5.74, 6) is 0. The Labute approximate surface area is 76.3 Å². The van der Waals surface area contributed by atoms with Crippen LogP contribution in [0.15, 0.2) is 0 Å². The Morgan fingerprint density at radius 2 is 2.46 bits per heavy atom. The molecule has 0 saturated carbocycles. The molecule has 1 N–H and O–H groups in total. The van der Waals surface area contributed by atoms with Gasteiger partial charge >= 0.3 is 0 Å². The highest BCUT2D eigenvalue weighted by Gasteiger charge is 2.51. The van der Waals surface area contributed by atoms with Gasteiger partial charge in [-0.05, 0) is 6.42 Å². The summed E-state index contributed by atoms with van der Waals surface area (Å²) in [5, 5.41) is 11.6. The summed E-state index contributed by atoms with van der Waals surface area (Å²) in [7, 11) is 0. The van der Waals surface area contributed by atoms with Gasteiger partial charge in [0.15, 0.2) is 6.19 Å². The van der Waals surface area contributed by atoms with Gasteiger partial charge in [-0.2, -0.15) is 5.26 Å². The summed E-state index contributed by atoms with van der Waals surface area (Å²) in [6.07, 6.45) is 3.65. The van der Waals surface area contributed by atoms with Crippen LogP contribution in [0.4, 0.5) is 0 Å². The lowest BCUT2D eigenvalue weighted by Gasteiger charge is -2.42. The van der Waals surface area contributed by atoms with Crippen LogP contribution in [0.1, 0.15) is 6.42 Å². The molecule has 0 radical (unpaired) electrons. The number of rotatable bonds is 2. The van der Waals surface area contributed by atoms with E-state index >= 15 is 0 Å². The first-order valence-corrected chi connectivity index (χ1v) is 4.25. The summed E-state index contributed by atoms with van der Waals surface area (Å²) in [6, 6.07) is 0.0982. The van der Waals surface area contributed by atoms with E-state index in [1.807, 2.05) is 0 Å². The number of hydrogen-bond acceptors (Lipinski definition) is 4. The van der Waals surface area contributed by atoms with Gasteiger partial charge in [0.2, 0.25) is 6.41 Å². The van der Waals surface area contributed by atoms with Crippen molar-refractivity contribution in [3.05, 3.63) is 0 Å². The van der Waals surface area contributed by atoms with E-state index in [1.165, 1.54) is 0 Å². The predicted molar refractivity (Wildman–Crippen MR) is 43.5 cm³/mol. The first-order valence-electron chi connectivity index (χ1n) is 4.25. The van der Waals surface area contributed by atoms with Crippen molar-refractivity contribution in [3.63, 3.8) is 0 Å². The molecule has 2 heterocycles. The van der Waals surface area contributed by atoms with Crippen LogP contribution >= 0.6 is 0 Å². The van der Waals surface area contributed by atoms with Crippen LogP contribution in [0.3, 0.4) is 0 Å². The molecule has 2 rings (SSSR count). The standard InChI is InChI=1S/C8H11N3O2/c9-5-11-2-7(10-6-12)1-8(11)3-13-4-8/h6-7H,1-4H2,(H,10,12). The third kappa shape index (κ3) is 1.14. The van der Waals surface area contributed by atoms with Gasteiger partial charge in [-0.3, -0.25) is 9.69 Å². The molecule has 2 fully saturated rings. The van der Waals surface area contributed by atoms with Crippen molar-refractivity contribution in [1.82, 2.24) is 10.2 Å². The molecule has 0 aromatic heterocycles. The Morgan fingerprint density at radius 1 is 1.69 bits per heavy atom. The molecule has 0 aliphatic carbocycles. The number of amides is 1. The lowest BCUT2D eigenvalue weighted by atomic mass is 9.93. The highest BCUT2D eigenvalue weighted by atomic mass is 16.5. The number of hydrogen-bond donors (Lipinski definition) is 1. The second-order valence-corrected chi connectivity index (χ2v) is 3.61. The lowest BCUT2D eigenvalue weighted by Crippen LogP contribution is -2.57. The van der Waals surface area contributed by atoms with Crippen molar-refractivity contribution in [2.45, 2.75) is 18.0 Å². The van der Waals surface area contributed by atoms with Crippen molar-refractivity contribution in [3.8, 4) is 6.19 Å². The molecule has 0 bridgehead atoms. The van der Waals surface area contributed by atoms with Crippen LogP contribution in [0.25, 0.3) is 0 Å². The van der Waals surface area contributed by atoms with Crippen molar-refractivity contribution in [2.24, 2.45) is 0 Å². The first kappa shape index (κ1) is 8.32. The Morgan fingerprint density at radius 3 is 2.85 bits per heavy atom. The average Bonchev–Trinajstić information content (AvgIpc) is 2.43. The number of nitrogens with zero attached hydrogens (tertiary/aromatic N) is 2. The maximum absolute atomic E-state index is 10.2. The Kier molecular flexibility index (Phi) is 1.85. The number of nitriles is 1. The highest BCUT2D eigenvalue weighted by Crippen LogP contribution is 2.35. The predicted octanol–water partition coefficient (Wildman–Crippen LogP) is -0.943. The zero-order valence-corrected chi connectivity index (χ0v) is 7.19. The Hall–Kier alpha value is -1.28. The average molecular weight is 181 g/mol. The van der Waals surface area contributed by atoms with Crippen molar-refractivity contribution in [1.29, 1.82) is 5.26 Å². The molecule has 1 atom stereocenters. The van der Waals surface area contributed by atoms with Crippen molar-refractivity contribution >= 4 is 6.41 Å². The Balaban J connectivity index is 2.05. The van der Waals surface area contributed by atoms with Gasteiger partial charge in [-0.25, -0.2) is 0 Å². The Bertz CT molecular complexity index is 257. The van der Waals surface area contributed by atoms with E-state index in [4.69, 9.17) is 10.00 Å². The summed E-state index contributed by atoms with van der Waals surface area (Å²) < 4.78 is 5.11. The molecule has 2 aliphatic heterocycles. The number of carbonyl (C=O) groups is 1. The van der Waals surface area contributed by atoms with Gasteiger partial charge in [0.1, 0.15) is 0 Å². The molecule has 1 spiro atoms. The fraction of sp³-hybridized carbons (Fsp3) is 0.750. The van der Waals surface area contributed by atoms with Gasteiger partial charge in [0.25, 0.3) is 0 Å². The van der Waals surface area contributed by atoms with Crippen LogP contribution in [-0.2, 0) is 9.53 Å². The number of carbonyl (C=O) groups excluding carboxylic acids is 1. The minimum atomic E-state index is -0.116. The maximum Gasteiger partial charge on any atom is 0.207 e. The molecule has 1 amide bonds. The molecular formula is C8H11N3O2. The topological polar surface area (TPSA) is 65.4 Å². The number of ether oxygens (including phenoxy) is 1. The first-order chi connectivity index (χ1) is 6.30. The third-order valence-electron chi connectivity index (χ3n) is 2.77. The SMILES string of the molecule is N#CN1CC(NC=O)CC12COC2. The molecule has 0 aromatic rings. The molecule has 5 heteroatoms. The fourth-order valence-electron chi connectivity index (χ4n) is 2.01. The molecule has 70 valence electrons. The minimum absolute atomic E-state index is 0.0982. The van der Waals surface area contributed by atoms with Gasteiger partial charge in [-0.15, -0.1) is 0 Å². The van der Waals surface area contributed by atoms with E-state index in [0.717, 1.165) is 6.42 Å². The van der Waals surface area contributed by atoms with Gasteiger partial charge in [-0.1, -0.05) is 0 Å². The summed E-state index contributed by atoms with van der Waals surface area (Å²) in [5.41, 5.74) is -0.116. The molecule has 2 aliphatic rings. The summed E-state index contributed by atoms with van der Waals surface area (Å²) >= 11 is 0. The molecule has 1 unspecified atom stereocenters. The van der Waals surface area contributed by atoms with Crippen LogP contribution in [0.5, 0.6) is 0 Å². The monoisotopic (exact) mass is 181 g/mol. The number of nitrogens with one attached hydrogen (secondary N) is 1. The quantitative estimate of drug-likeness (QED) is 0.441. The molecule has 2 saturated heterocycles. The second-order valence-electron chi connectivity index (χ2n) is 3.61. The third-order valence-corrected chi connectivity index (χ3v) is 2.77. The van der Waals surface area contributed by atoms with E-state index in [1.54, 1.807) is 4.90 Å². The molecule has 0 aromatic carbocycles. The zero-order valence-electron chi connectivity index (χ0n) is 7.19. The van der Waals surface area contributed by atoms with E-state index in [9.17, 15) is 4.79 Å². The minimum Gasteiger partial charge on any atom is -0.376 e. The smallest absolute Gasteiger partial charge is 0.207 e. The van der Waals surface area contributed by atoms with Crippen LogP contribution in [0, 0.1) is 11.5 Å². The molecule has 13 heavy (non-hydrogen) atoms. The van der Waals surface area contributed by atoms with Crippen LogP contribution in [-0.4, -0.2) is 42.6 Å². The second kappa shape index (κ2) is 2.89. The van der Waals surface area contributed by atoms with Gasteiger partial charge in [0.05, 0.1) is 18.8 Å². The summed E-state index contributed by atoms with van der Waals surface area (Å²) in [4.78, 5) is 11.9. The maximum atomic E-state index is 10.2.